The van der Waals surface area contributed by atoms with Crippen LogP contribution < -0.4 is 15.5 Å². The summed E-state index contributed by atoms with van der Waals surface area (Å²) in [6.07, 6.45) is 3.02. The zero-order valence-corrected chi connectivity index (χ0v) is 26.6. The van der Waals surface area contributed by atoms with Crippen molar-refractivity contribution >= 4 is 34.5 Å². The Morgan fingerprint density at radius 1 is 0.894 bits per heavy atom. The Kier molecular flexibility index (Phi) is 8.64. The summed E-state index contributed by atoms with van der Waals surface area (Å²) in [5.74, 6) is 1.53. The predicted octanol–water partition coefficient (Wildman–Crippen LogP) is 6.97. The van der Waals surface area contributed by atoms with E-state index in [0.717, 1.165) is 57.3 Å². The lowest BCUT2D eigenvalue weighted by atomic mass is 10.0. The smallest absolute Gasteiger partial charge is 0.407 e. The minimum absolute atomic E-state index is 0.0252. The third-order valence-corrected chi connectivity index (χ3v) is 8.65. The number of fused-ring (bicyclic) bond motifs is 2. The molecule has 47 heavy (non-hydrogen) atoms. The third kappa shape index (κ3) is 6.72. The quantitative estimate of drug-likeness (QED) is 0.177. The molecule has 0 bridgehead atoms. The maximum atomic E-state index is 12.5. The Balaban J connectivity index is 1.07. The van der Waals surface area contributed by atoms with Gasteiger partial charge in [-0.15, -0.1) is 0 Å². The fraction of sp³-hybridized carbons (Fsp3) is 0.270. The van der Waals surface area contributed by atoms with Gasteiger partial charge in [-0.25, -0.2) is 9.78 Å². The van der Waals surface area contributed by atoms with Crippen LogP contribution in [-0.2, 0) is 17.9 Å². The van der Waals surface area contributed by atoms with Gasteiger partial charge in [0.1, 0.15) is 6.61 Å². The first-order valence-electron chi connectivity index (χ1n) is 16.2. The van der Waals surface area contributed by atoms with Crippen LogP contribution in [-0.4, -0.2) is 49.8 Å². The lowest BCUT2D eigenvalue weighted by molar-refractivity contribution is 0.134. The number of hydrogen-bond acceptors (Lipinski definition) is 8. The molecule has 0 atom stereocenters. The molecule has 10 nitrogen and oxygen atoms in total. The number of nitrogens with zero attached hydrogens (tertiary/aromatic N) is 6. The van der Waals surface area contributed by atoms with Crippen LogP contribution in [0.3, 0.4) is 0 Å². The molecule has 0 saturated carbocycles. The molecule has 1 fully saturated rings. The number of ether oxygens (including phenoxy) is 1. The minimum atomic E-state index is -0.392. The molecule has 0 radical (unpaired) electrons. The summed E-state index contributed by atoms with van der Waals surface area (Å²) < 4.78 is 7.24. The molecule has 1 aliphatic rings. The maximum absolute atomic E-state index is 12.5. The number of aromatic nitrogens is 5. The first kappa shape index (κ1) is 30.2. The van der Waals surface area contributed by atoms with Gasteiger partial charge in [0.2, 0.25) is 11.9 Å². The van der Waals surface area contributed by atoms with Crippen molar-refractivity contribution in [1.29, 1.82) is 0 Å². The molecule has 0 spiro atoms. The molecular weight excluding hydrogens is 588 g/mol. The molecule has 4 heterocycles. The molecule has 10 heteroatoms. The van der Waals surface area contributed by atoms with E-state index in [1.807, 2.05) is 66.9 Å². The molecule has 7 rings (SSSR count). The van der Waals surface area contributed by atoms with Crippen LogP contribution in [0, 0.1) is 0 Å². The van der Waals surface area contributed by atoms with E-state index in [1.165, 1.54) is 0 Å². The van der Waals surface area contributed by atoms with Crippen LogP contribution in [0.2, 0.25) is 0 Å². The zero-order chi connectivity index (χ0) is 32.2. The van der Waals surface area contributed by atoms with E-state index in [2.05, 4.69) is 64.8 Å². The van der Waals surface area contributed by atoms with Crippen molar-refractivity contribution in [2.75, 3.05) is 23.3 Å². The number of rotatable bonds is 9. The van der Waals surface area contributed by atoms with Crippen LogP contribution in [0.5, 0.6) is 0 Å². The number of carbonyl (C=O) groups excluding carboxylic acids is 1. The van der Waals surface area contributed by atoms with Gasteiger partial charge in [-0.2, -0.15) is 19.6 Å². The predicted molar refractivity (Wildman–Crippen MR) is 184 cm³/mol. The Bertz CT molecular complexity index is 2000. The lowest BCUT2D eigenvalue weighted by Gasteiger charge is -2.32. The van der Waals surface area contributed by atoms with E-state index >= 15 is 0 Å². The van der Waals surface area contributed by atoms with E-state index in [9.17, 15) is 4.79 Å². The van der Waals surface area contributed by atoms with Crippen LogP contribution >= 0.6 is 0 Å². The van der Waals surface area contributed by atoms with Crippen LogP contribution in [0.1, 0.15) is 49.3 Å². The number of alkyl carbamates (subject to hydrolysis) is 1. The number of para-hydroxylation sites is 1. The molecule has 3 aromatic carbocycles. The Labute approximate surface area is 273 Å². The van der Waals surface area contributed by atoms with E-state index in [-0.39, 0.29) is 18.6 Å². The first-order valence-corrected chi connectivity index (χ1v) is 16.2. The SMILES string of the molecule is CC(C)c1cnn2c(NCc3ccccc3-c3ccc4ccccc4n3)nc(N3CCC(NC(=O)OCc4ccccc4)CC3)nc12. The second-order valence-electron chi connectivity index (χ2n) is 12.2. The topological polar surface area (TPSA) is 110 Å². The minimum Gasteiger partial charge on any atom is -0.445 e. The van der Waals surface area contributed by atoms with Gasteiger partial charge >= 0.3 is 6.09 Å². The molecular formula is C37H38N8O2. The fourth-order valence-corrected chi connectivity index (χ4v) is 6.02. The first-order chi connectivity index (χ1) is 23.0. The number of carbonyl (C=O) groups is 1. The van der Waals surface area contributed by atoms with E-state index in [0.29, 0.717) is 31.5 Å². The monoisotopic (exact) mass is 626 g/mol. The molecule has 0 unspecified atom stereocenters. The normalized spacial score (nSPS) is 13.7. The van der Waals surface area contributed by atoms with Crippen LogP contribution in [0.15, 0.2) is 97.2 Å². The van der Waals surface area contributed by atoms with Crippen molar-refractivity contribution in [3.63, 3.8) is 0 Å². The Morgan fingerprint density at radius 2 is 1.66 bits per heavy atom. The van der Waals surface area contributed by atoms with Crippen molar-refractivity contribution in [3.05, 3.63) is 114 Å². The molecule has 0 aliphatic carbocycles. The van der Waals surface area contributed by atoms with Crippen molar-refractivity contribution in [2.24, 2.45) is 0 Å². The highest BCUT2D eigenvalue weighted by Gasteiger charge is 2.25. The van der Waals surface area contributed by atoms with Gasteiger partial charge < -0.3 is 20.3 Å². The Hall–Kier alpha value is -5.51. The summed E-state index contributed by atoms with van der Waals surface area (Å²) in [5, 5.41) is 12.4. The summed E-state index contributed by atoms with van der Waals surface area (Å²) in [5.41, 5.74) is 6.88. The van der Waals surface area contributed by atoms with Gasteiger partial charge in [-0.1, -0.05) is 92.7 Å². The number of nitrogens with one attached hydrogen (secondary N) is 2. The average molecular weight is 627 g/mol. The van der Waals surface area contributed by atoms with Crippen LogP contribution in [0.25, 0.3) is 27.8 Å². The standard InChI is InChI=1S/C37H38N8O2/c1-25(2)31-23-39-45-34(31)42-36(44-20-18-29(19-21-44)40-37(46)47-24-26-10-4-3-5-11-26)43-35(45)38-22-28-13-6-8-14-30(28)33-17-16-27-12-7-9-15-32(27)41-33/h3-17,23,25,29H,18-22,24H2,1-2H3,(H,40,46)(H,38,42,43). The van der Waals surface area contributed by atoms with Gasteiger partial charge in [0.15, 0.2) is 5.65 Å². The van der Waals surface area contributed by atoms with Crippen molar-refractivity contribution in [1.82, 2.24) is 29.9 Å². The number of pyridine rings is 1. The van der Waals surface area contributed by atoms with Crippen molar-refractivity contribution in [3.8, 4) is 11.3 Å². The maximum Gasteiger partial charge on any atom is 0.407 e. The van der Waals surface area contributed by atoms with Crippen LogP contribution in [0.4, 0.5) is 16.7 Å². The number of piperidine rings is 1. The van der Waals surface area contributed by atoms with E-state index in [4.69, 9.17) is 19.7 Å². The average Bonchev–Trinajstić information content (AvgIpc) is 3.55. The van der Waals surface area contributed by atoms with E-state index in [1.54, 1.807) is 4.52 Å². The largest absolute Gasteiger partial charge is 0.445 e. The summed E-state index contributed by atoms with van der Waals surface area (Å²) >= 11 is 0. The highest BCUT2D eigenvalue weighted by Crippen LogP contribution is 2.28. The molecule has 1 aliphatic heterocycles. The summed E-state index contributed by atoms with van der Waals surface area (Å²) in [6.45, 7) is 6.49. The second-order valence-corrected chi connectivity index (χ2v) is 12.2. The zero-order valence-electron chi connectivity index (χ0n) is 26.6. The van der Waals surface area contributed by atoms with Gasteiger partial charge in [0, 0.05) is 42.2 Å². The molecule has 238 valence electrons. The highest BCUT2D eigenvalue weighted by atomic mass is 16.5. The number of hydrogen-bond donors (Lipinski definition) is 2. The number of amides is 1. The highest BCUT2D eigenvalue weighted by molar-refractivity contribution is 5.82. The molecule has 6 aromatic rings. The second kappa shape index (κ2) is 13.5. The molecule has 1 amide bonds. The third-order valence-electron chi connectivity index (χ3n) is 8.65. The fourth-order valence-electron chi connectivity index (χ4n) is 6.02. The number of benzene rings is 3. The lowest BCUT2D eigenvalue weighted by Crippen LogP contribution is -2.45. The van der Waals surface area contributed by atoms with Gasteiger partial charge in [0.05, 0.1) is 17.4 Å². The molecule has 1 saturated heterocycles. The van der Waals surface area contributed by atoms with Gasteiger partial charge in [-0.3, -0.25) is 0 Å². The number of anilines is 2. The summed E-state index contributed by atoms with van der Waals surface area (Å²) in [6, 6.07) is 30.4. The summed E-state index contributed by atoms with van der Waals surface area (Å²) in [7, 11) is 0. The Morgan fingerprint density at radius 3 is 2.49 bits per heavy atom. The van der Waals surface area contributed by atoms with E-state index < -0.39 is 6.09 Å². The van der Waals surface area contributed by atoms with Gasteiger partial charge in [-0.05, 0) is 42.0 Å². The molecule has 3 aromatic heterocycles. The van der Waals surface area contributed by atoms with Crippen molar-refractivity contribution < 1.29 is 9.53 Å². The van der Waals surface area contributed by atoms with Gasteiger partial charge in [0.25, 0.3) is 0 Å². The van der Waals surface area contributed by atoms with Crippen molar-refractivity contribution in [2.45, 2.75) is 51.8 Å². The summed E-state index contributed by atoms with van der Waals surface area (Å²) in [4.78, 5) is 29.6. The molecule has 2 N–H and O–H groups in total.